The highest BCUT2D eigenvalue weighted by Crippen LogP contribution is 2.18. The van der Waals surface area contributed by atoms with E-state index in [0.717, 1.165) is 6.42 Å². The van der Waals surface area contributed by atoms with Gasteiger partial charge in [-0.3, -0.25) is 9.59 Å². The Morgan fingerprint density at radius 1 is 1.44 bits per heavy atom. The van der Waals surface area contributed by atoms with Gasteiger partial charge >= 0.3 is 5.97 Å². The molecule has 1 N–H and O–H groups in total. The molecule has 1 aromatic heterocycles. The number of piperidine rings is 1. The Kier molecular flexibility index (Phi) is 3.96. The van der Waals surface area contributed by atoms with E-state index in [1.807, 2.05) is 0 Å². The highest BCUT2D eigenvalue weighted by molar-refractivity contribution is 9.10. The third-order valence-electron chi connectivity index (χ3n) is 2.99. The van der Waals surface area contributed by atoms with Crippen molar-refractivity contribution in [1.29, 1.82) is 0 Å². The molecule has 1 aliphatic rings. The van der Waals surface area contributed by atoms with Crippen molar-refractivity contribution in [2.45, 2.75) is 12.8 Å². The summed E-state index contributed by atoms with van der Waals surface area (Å²) in [6.45, 7) is 0.860. The molecule has 1 aliphatic heterocycles. The highest BCUT2D eigenvalue weighted by Gasteiger charge is 2.29. The summed E-state index contributed by atoms with van der Waals surface area (Å²) in [5, 5.41) is 8.99. The zero-order valence-electron chi connectivity index (χ0n) is 9.67. The molecular formula is C12H13BrN2O3. The predicted molar refractivity (Wildman–Crippen MR) is 68.2 cm³/mol. The summed E-state index contributed by atoms with van der Waals surface area (Å²) < 4.78 is 0.597. The van der Waals surface area contributed by atoms with E-state index in [-0.39, 0.29) is 12.5 Å². The summed E-state index contributed by atoms with van der Waals surface area (Å²) in [6, 6.07) is 5.12. The standard InChI is InChI=1S/C12H13BrN2O3/c13-10-5-1-4-9(14-10)11(16)15-6-2-3-8(7-15)12(17)18/h1,4-5,8H,2-3,6-7H2,(H,17,18). The molecule has 0 radical (unpaired) electrons. The minimum absolute atomic E-state index is 0.206. The second-order valence-corrected chi connectivity index (χ2v) is 5.09. The summed E-state index contributed by atoms with van der Waals surface area (Å²) in [7, 11) is 0. The van der Waals surface area contributed by atoms with Crippen LogP contribution in [0.3, 0.4) is 0 Å². The van der Waals surface area contributed by atoms with E-state index in [2.05, 4.69) is 20.9 Å². The molecule has 1 saturated heterocycles. The topological polar surface area (TPSA) is 70.5 Å². The largest absolute Gasteiger partial charge is 0.481 e. The number of nitrogens with zero attached hydrogens (tertiary/aromatic N) is 2. The first-order valence-electron chi connectivity index (χ1n) is 5.72. The van der Waals surface area contributed by atoms with E-state index in [0.29, 0.717) is 23.3 Å². The zero-order chi connectivity index (χ0) is 13.1. The van der Waals surface area contributed by atoms with Crippen molar-refractivity contribution in [3.05, 3.63) is 28.5 Å². The van der Waals surface area contributed by atoms with Gasteiger partial charge in [-0.25, -0.2) is 4.98 Å². The molecule has 96 valence electrons. The minimum atomic E-state index is -0.838. The van der Waals surface area contributed by atoms with Gasteiger partial charge in [-0.1, -0.05) is 6.07 Å². The van der Waals surface area contributed by atoms with Crippen LogP contribution in [0.2, 0.25) is 0 Å². The van der Waals surface area contributed by atoms with Crippen LogP contribution in [-0.4, -0.2) is 40.0 Å². The average Bonchev–Trinajstić information content (AvgIpc) is 2.38. The Morgan fingerprint density at radius 2 is 2.22 bits per heavy atom. The van der Waals surface area contributed by atoms with Gasteiger partial charge in [0.1, 0.15) is 10.3 Å². The zero-order valence-corrected chi connectivity index (χ0v) is 11.3. The molecule has 18 heavy (non-hydrogen) atoms. The van der Waals surface area contributed by atoms with Gasteiger partial charge in [-0.15, -0.1) is 0 Å². The molecule has 1 amide bonds. The number of halogens is 1. The van der Waals surface area contributed by atoms with Gasteiger partial charge in [0, 0.05) is 13.1 Å². The van der Waals surface area contributed by atoms with Crippen molar-refractivity contribution >= 4 is 27.8 Å². The molecule has 5 nitrogen and oxygen atoms in total. The smallest absolute Gasteiger partial charge is 0.308 e. The lowest BCUT2D eigenvalue weighted by Gasteiger charge is -2.30. The predicted octanol–water partition coefficient (Wildman–Crippen LogP) is 1.78. The minimum Gasteiger partial charge on any atom is -0.481 e. The molecule has 0 spiro atoms. The van der Waals surface area contributed by atoms with E-state index >= 15 is 0 Å². The van der Waals surface area contributed by atoms with Gasteiger partial charge in [0.15, 0.2) is 0 Å². The second kappa shape index (κ2) is 5.48. The maximum absolute atomic E-state index is 12.2. The number of carboxylic acid groups (broad SMARTS) is 1. The first-order valence-corrected chi connectivity index (χ1v) is 6.52. The Balaban J connectivity index is 2.11. The maximum Gasteiger partial charge on any atom is 0.308 e. The summed E-state index contributed by atoms with van der Waals surface area (Å²) >= 11 is 3.21. The van der Waals surface area contributed by atoms with Crippen molar-refractivity contribution in [1.82, 2.24) is 9.88 Å². The second-order valence-electron chi connectivity index (χ2n) is 4.27. The number of rotatable bonds is 2. The lowest BCUT2D eigenvalue weighted by atomic mass is 9.98. The van der Waals surface area contributed by atoms with Gasteiger partial charge in [-0.2, -0.15) is 0 Å². The van der Waals surface area contributed by atoms with E-state index in [1.165, 1.54) is 0 Å². The third-order valence-corrected chi connectivity index (χ3v) is 3.43. The highest BCUT2D eigenvalue weighted by atomic mass is 79.9. The van der Waals surface area contributed by atoms with Crippen LogP contribution in [0, 0.1) is 5.92 Å². The lowest BCUT2D eigenvalue weighted by molar-refractivity contribution is -0.143. The van der Waals surface area contributed by atoms with Crippen LogP contribution in [0.1, 0.15) is 23.3 Å². The van der Waals surface area contributed by atoms with Crippen molar-refractivity contribution in [3.63, 3.8) is 0 Å². The number of hydrogen-bond acceptors (Lipinski definition) is 3. The van der Waals surface area contributed by atoms with Gasteiger partial charge in [-0.05, 0) is 40.9 Å². The number of amides is 1. The van der Waals surface area contributed by atoms with Crippen LogP contribution in [0.5, 0.6) is 0 Å². The van der Waals surface area contributed by atoms with Gasteiger partial charge in [0.25, 0.3) is 5.91 Å². The molecule has 0 bridgehead atoms. The molecule has 0 saturated carbocycles. The first-order chi connectivity index (χ1) is 8.58. The quantitative estimate of drug-likeness (QED) is 0.845. The molecular weight excluding hydrogens is 300 g/mol. The molecule has 1 atom stereocenters. The van der Waals surface area contributed by atoms with Crippen LogP contribution < -0.4 is 0 Å². The number of carboxylic acids is 1. The normalized spacial score (nSPS) is 19.6. The Bertz CT molecular complexity index is 478. The maximum atomic E-state index is 12.2. The first kappa shape index (κ1) is 13.0. The molecule has 0 aromatic carbocycles. The van der Waals surface area contributed by atoms with Crippen LogP contribution in [0.25, 0.3) is 0 Å². The Hall–Kier alpha value is -1.43. The SMILES string of the molecule is O=C(O)C1CCCN(C(=O)c2cccc(Br)n2)C1. The number of aromatic nitrogens is 1. The average molecular weight is 313 g/mol. The van der Waals surface area contributed by atoms with Crippen molar-refractivity contribution in [2.75, 3.05) is 13.1 Å². The summed E-state index contributed by atoms with van der Waals surface area (Å²) in [6.07, 6.45) is 1.35. The molecule has 2 rings (SSSR count). The fourth-order valence-corrected chi connectivity index (χ4v) is 2.40. The monoisotopic (exact) mass is 312 g/mol. The van der Waals surface area contributed by atoms with Gasteiger partial charge < -0.3 is 10.0 Å². The Morgan fingerprint density at radius 3 is 2.89 bits per heavy atom. The number of carbonyl (C=O) groups excluding carboxylic acids is 1. The molecule has 0 aliphatic carbocycles. The molecule has 1 fully saturated rings. The van der Waals surface area contributed by atoms with Gasteiger partial charge in [0.2, 0.25) is 0 Å². The number of hydrogen-bond donors (Lipinski definition) is 1. The summed E-state index contributed by atoms with van der Waals surface area (Å²) in [5.74, 6) is -1.51. The van der Waals surface area contributed by atoms with Gasteiger partial charge in [0.05, 0.1) is 5.92 Å². The van der Waals surface area contributed by atoms with Crippen molar-refractivity contribution < 1.29 is 14.7 Å². The van der Waals surface area contributed by atoms with E-state index in [9.17, 15) is 9.59 Å². The number of pyridine rings is 1. The number of carbonyl (C=O) groups is 2. The summed E-state index contributed by atoms with van der Waals surface area (Å²) in [5.41, 5.74) is 0.343. The van der Waals surface area contributed by atoms with Crippen molar-refractivity contribution in [2.24, 2.45) is 5.92 Å². The number of likely N-dealkylation sites (tertiary alicyclic amines) is 1. The summed E-state index contributed by atoms with van der Waals surface area (Å²) in [4.78, 5) is 28.8. The molecule has 6 heteroatoms. The fraction of sp³-hybridized carbons (Fsp3) is 0.417. The van der Waals surface area contributed by atoms with E-state index < -0.39 is 11.9 Å². The van der Waals surface area contributed by atoms with Crippen LogP contribution in [0.15, 0.2) is 22.8 Å². The van der Waals surface area contributed by atoms with Crippen molar-refractivity contribution in [3.8, 4) is 0 Å². The van der Waals surface area contributed by atoms with E-state index in [4.69, 9.17) is 5.11 Å². The lowest BCUT2D eigenvalue weighted by Crippen LogP contribution is -2.42. The molecule has 1 aromatic rings. The van der Waals surface area contributed by atoms with Crippen LogP contribution in [-0.2, 0) is 4.79 Å². The van der Waals surface area contributed by atoms with Crippen LogP contribution in [0.4, 0.5) is 0 Å². The molecule has 2 heterocycles. The third kappa shape index (κ3) is 2.87. The molecule has 1 unspecified atom stereocenters. The Labute approximate surface area is 113 Å². The fourth-order valence-electron chi connectivity index (χ4n) is 2.05. The van der Waals surface area contributed by atoms with Crippen LogP contribution >= 0.6 is 15.9 Å². The number of aliphatic carboxylic acids is 1. The van der Waals surface area contributed by atoms with E-state index in [1.54, 1.807) is 23.1 Å².